The molecule has 0 aliphatic rings. The second-order valence-electron chi connectivity index (χ2n) is 5.40. The van der Waals surface area contributed by atoms with Crippen LogP contribution < -0.4 is 5.32 Å². The van der Waals surface area contributed by atoms with Crippen LogP contribution in [0.1, 0.15) is 39.5 Å². The van der Waals surface area contributed by atoms with Gasteiger partial charge >= 0.3 is 5.97 Å². The number of hydrogen-bond acceptors (Lipinski definition) is 2. The first-order valence-electron chi connectivity index (χ1n) is 7.11. The lowest BCUT2D eigenvalue weighted by Crippen LogP contribution is -2.30. The lowest BCUT2D eigenvalue weighted by molar-refractivity contribution is -0.137. The summed E-state index contributed by atoms with van der Waals surface area (Å²) in [6, 6.07) is 14.1. The minimum atomic E-state index is -0.948. The van der Waals surface area contributed by atoms with Crippen molar-refractivity contribution >= 4 is 11.9 Å². The summed E-state index contributed by atoms with van der Waals surface area (Å²) in [6.07, 6.45) is -0.152. The summed E-state index contributed by atoms with van der Waals surface area (Å²) in [4.78, 5) is 23.4. The summed E-state index contributed by atoms with van der Waals surface area (Å²) in [6.45, 7) is 3.88. The van der Waals surface area contributed by atoms with E-state index < -0.39 is 12.0 Å². The first kappa shape index (κ1) is 15.8. The largest absolute Gasteiger partial charge is 0.481 e. The van der Waals surface area contributed by atoms with Crippen molar-refractivity contribution in [2.45, 2.75) is 26.3 Å². The number of carbonyl (C=O) groups excluding carboxylic acids is 1. The average Bonchev–Trinajstić information content (AvgIpc) is 2.46. The molecule has 22 heavy (non-hydrogen) atoms. The fourth-order valence-electron chi connectivity index (χ4n) is 2.26. The van der Waals surface area contributed by atoms with Crippen molar-refractivity contribution in [3.05, 3.63) is 70.8 Å². The Morgan fingerprint density at radius 3 is 2.32 bits per heavy atom. The van der Waals surface area contributed by atoms with Crippen LogP contribution >= 0.6 is 0 Å². The number of nitrogens with one attached hydrogen (secondary N) is 1. The molecule has 0 spiro atoms. The molecular formula is C18H19NO3. The lowest BCUT2D eigenvalue weighted by Gasteiger charge is -2.18. The Hall–Kier alpha value is -2.62. The normalized spacial score (nSPS) is 11.7. The van der Waals surface area contributed by atoms with Gasteiger partial charge in [-0.05, 0) is 31.5 Å². The highest BCUT2D eigenvalue weighted by atomic mass is 16.4. The van der Waals surface area contributed by atoms with Gasteiger partial charge in [0.25, 0.3) is 5.91 Å². The molecule has 1 amide bonds. The van der Waals surface area contributed by atoms with Crippen molar-refractivity contribution in [1.29, 1.82) is 0 Å². The van der Waals surface area contributed by atoms with Gasteiger partial charge in [-0.3, -0.25) is 9.59 Å². The molecule has 0 aromatic heterocycles. The van der Waals surface area contributed by atoms with E-state index >= 15 is 0 Å². The van der Waals surface area contributed by atoms with Gasteiger partial charge in [-0.15, -0.1) is 0 Å². The maximum absolute atomic E-state index is 12.3. The molecule has 2 N–H and O–H groups in total. The van der Waals surface area contributed by atoms with Crippen LogP contribution in [0, 0.1) is 13.8 Å². The Bertz CT molecular complexity index is 677. The highest BCUT2D eigenvalue weighted by Gasteiger charge is 2.19. The summed E-state index contributed by atoms with van der Waals surface area (Å²) >= 11 is 0. The number of hydrogen-bond donors (Lipinski definition) is 2. The number of carboxylic acid groups (broad SMARTS) is 1. The fraction of sp³-hybridized carbons (Fsp3) is 0.222. The lowest BCUT2D eigenvalue weighted by atomic mass is 10.0. The number of carbonyl (C=O) groups is 2. The zero-order valence-electron chi connectivity index (χ0n) is 12.7. The quantitative estimate of drug-likeness (QED) is 0.890. The van der Waals surface area contributed by atoms with Gasteiger partial charge in [0, 0.05) is 5.56 Å². The van der Waals surface area contributed by atoms with Crippen molar-refractivity contribution in [2.75, 3.05) is 0 Å². The van der Waals surface area contributed by atoms with Crippen LogP contribution in [0.15, 0.2) is 48.5 Å². The number of benzene rings is 2. The van der Waals surface area contributed by atoms with Gasteiger partial charge in [0.05, 0.1) is 12.5 Å². The molecule has 0 saturated heterocycles. The number of aryl methyl sites for hydroxylation is 2. The molecule has 0 radical (unpaired) electrons. The molecule has 1 atom stereocenters. The van der Waals surface area contributed by atoms with Crippen LogP contribution in [0.2, 0.25) is 0 Å². The van der Waals surface area contributed by atoms with E-state index in [9.17, 15) is 9.59 Å². The van der Waals surface area contributed by atoms with Crippen molar-refractivity contribution in [2.24, 2.45) is 0 Å². The third-order valence-corrected chi connectivity index (χ3v) is 3.44. The summed E-state index contributed by atoms with van der Waals surface area (Å²) in [5, 5.41) is 11.9. The van der Waals surface area contributed by atoms with Crippen molar-refractivity contribution in [3.63, 3.8) is 0 Å². The Balaban J connectivity index is 2.21. The molecular weight excluding hydrogens is 278 g/mol. The smallest absolute Gasteiger partial charge is 0.305 e. The topological polar surface area (TPSA) is 66.4 Å². The maximum Gasteiger partial charge on any atom is 0.305 e. The minimum Gasteiger partial charge on any atom is -0.481 e. The van der Waals surface area contributed by atoms with Gasteiger partial charge in [-0.1, -0.05) is 47.5 Å². The van der Waals surface area contributed by atoms with E-state index in [-0.39, 0.29) is 12.3 Å². The fourth-order valence-corrected chi connectivity index (χ4v) is 2.26. The van der Waals surface area contributed by atoms with E-state index in [2.05, 4.69) is 5.32 Å². The maximum atomic E-state index is 12.3. The highest BCUT2D eigenvalue weighted by Crippen LogP contribution is 2.19. The van der Waals surface area contributed by atoms with Crippen LogP contribution in [-0.4, -0.2) is 17.0 Å². The Kier molecular flexibility index (Phi) is 4.94. The SMILES string of the molecule is Cc1ccc(C(=O)NC(CC(=O)O)c2cccc(C)c2)cc1. The van der Waals surface area contributed by atoms with Crippen LogP contribution in [0.3, 0.4) is 0 Å². The third-order valence-electron chi connectivity index (χ3n) is 3.44. The molecule has 0 heterocycles. The first-order chi connectivity index (χ1) is 10.5. The number of amides is 1. The molecule has 2 aromatic rings. The van der Waals surface area contributed by atoms with Crippen LogP contribution in [-0.2, 0) is 4.79 Å². The van der Waals surface area contributed by atoms with E-state index in [4.69, 9.17) is 5.11 Å². The summed E-state index contributed by atoms with van der Waals surface area (Å²) in [7, 11) is 0. The second-order valence-corrected chi connectivity index (χ2v) is 5.40. The van der Waals surface area contributed by atoms with E-state index in [1.807, 2.05) is 50.2 Å². The number of aliphatic carboxylic acids is 1. The number of carboxylic acids is 1. The molecule has 0 aliphatic heterocycles. The third kappa shape index (κ3) is 4.19. The van der Waals surface area contributed by atoms with E-state index in [0.717, 1.165) is 16.7 Å². The predicted octanol–water partition coefficient (Wildman–Crippen LogP) is 3.25. The zero-order chi connectivity index (χ0) is 16.1. The standard InChI is InChI=1S/C18H19NO3/c1-12-6-8-14(9-7-12)18(22)19-16(11-17(20)21)15-5-3-4-13(2)10-15/h3-10,16H,11H2,1-2H3,(H,19,22)(H,20,21). The van der Waals surface area contributed by atoms with Gasteiger partial charge < -0.3 is 10.4 Å². The molecule has 1 unspecified atom stereocenters. The molecule has 2 rings (SSSR count). The van der Waals surface area contributed by atoms with E-state index in [1.165, 1.54) is 0 Å². The van der Waals surface area contributed by atoms with Crippen molar-refractivity contribution in [1.82, 2.24) is 5.32 Å². The van der Waals surface area contributed by atoms with Gasteiger partial charge in [-0.25, -0.2) is 0 Å². The van der Waals surface area contributed by atoms with Crippen LogP contribution in [0.4, 0.5) is 0 Å². The van der Waals surface area contributed by atoms with Gasteiger partial charge in [0.15, 0.2) is 0 Å². The zero-order valence-corrected chi connectivity index (χ0v) is 12.7. The molecule has 4 nitrogen and oxygen atoms in total. The molecule has 0 bridgehead atoms. The summed E-state index contributed by atoms with van der Waals surface area (Å²) < 4.78 is 0. The Morgan fingerprint density at radius 1 is 1.05 bits per heavy atom. The monoisotopic (exact) mass is 297 g/mol. The summed E-state index contributed by atoms with van der Waals surface area (Å²) in [5.41, 5.74) is 3.41. The Labute approximate surface area is 129 Å². The van der Waals surface area contributed by atoms with Gasteiger partial charge in [0.1, 0.15) is 0 Å². The van der Waals surface area contributed by atoms with Crippen LogP contribution in [0.5, 0.6) is 0 Å². The van der Waals surface area contributed by atoms with E-state index in [1.54, 1.807) is 12.1 Å². The minimum absolute atomic E-state index is 0.152. The van der Waals surface area contributed by atoms with Crippen LogP contribution in [0.25, 0.3) is 0 Å². The molecule has 2 aromatic carbocycles. The highest BCUT2D eigenvalue weighted by molar-refractivity contribution is 5.94. The first-order valence-corrected chi connectivity index (χ1v) is 7.11. The van der Waals surface area contributed by atoms with Gasteiger partial charge in [0.2, 0.25) is 0 Å². The second kappa shape index (κ2) is 6.89. The molecule has 114 valence electrons. The number of rotatable bonds is 5. The Morgan fingerprint density at radius 2 is 1.73 bits per heavy atom. The molecule has 4 heteroatoms. The van der Waals surface area contributed by atoms with Crippen molar-refractivity contribution in [3.8, 4) is 0 Å². The van der Waals surface area contributed by atoms with Gasteiger partial charge in [-0.2, -0.15) is 0 Å². The molecule has 0 saturated carbocycles. The summed E-state index contributed by atoms with van der Waals surface area (Å²) in [5.74, 6) is -1.22. The molecule has 0 fully saturated rings. The average molecular weight is 297 g/mol. The predicted molar refractivity (Wildman–Crippen MR) is 84.8 cm³/mol. The van der Waals surface area contributed by atoms with E-state index in [0.29, 0.717) is 5.56 Å². The van der Waals surface area contributed by atoms with Crippen molar-refractivity contribution < 1.29 is 14.7 Å². The molecule has 0 aliphatic carbocycles.